The average Bonchev–Trinajstić information content (AvgIpc) is 2.61. The highest BCUT2D eigenvalue weighted by atomic mass is 32.2. The number of sulfonamides is 1. The fourth-order valence-electron chi connectivity index (χ4n) is 2.75. The van der Waals surface area contributed by atoms with Crippen LogP contribution in [0.4, 0.5) is 0 Å². The van der Waals surface area contributed by atoms with Gasteiger partial charge in [-0.2, -0.15) is 0 Å². The Balaban J connectivity index is 2.41. The Morgan fingerprint density at radius 2 is 1.76 bits per heavy atom. The number of nitrogens with zero attached hydrogens (tertiary/aromatic N) is 1. The van der Waals surface area contributed by atoms with Gasteiger partial charge in [-0.3, -0.25) is 4.79 Å². The zero-order valence-corrected chi connectivity index (χ0v) is 14.4. The molecule has 6 heteroatoms. The van der Waals surface area contributed by atoms with E-state index in [2.05, 4.69) is 5.32 Å². The molecule has 1 N–H and O–H groups in total. The summed E-state index contributed by atoms with van der Waals surface area (Å²) in [5.41, 5.74) is 0. The van der Waals surface area contributed by atoms with Crippen LogP contribution in [0.25, 0.3) is 0 Å². The van der Waals surface area contributed by atoms with Crippen molar-refractivity contribution >= 4 is 15.9 Å². The minimum Gasteiger partial charge on any atom is -0.353 e. The molecule has 0 aromatic rings. The van der Waals surface area contributed by atoms with Gasteiger partial charge in [0, 0.05) is 25.6 Å². The summed E-state index contributed by atoms with van der Waals surface area (Å²) >= 11 is 0. The molecule has 5 nitrogen and oxygen atoms in total. The van der Waals surface area contributed by atoms with Crippen LogP contribution >= 0.6 is 0 Å². The van der Waals surface area contributed by atoms with Crippen molar-refractivity contribution in [2.24, 2.45) is 5.92 Å². The van der Waals surface area contributed by atoms with E-state index in [9.17, 15) is 13.2 Å². The van der Waals surface area contributed by atoms with Gasteiger partial charge in [0.05, 0.1) is 6.26 Å². The highest BCUT2D eigenvalue weighted by Gasteiger charge is 2.20. The predicted octanol–water partition coefficient (Wildman–Crippen LogP) is 2.13. The second-order valence-corrected chi connectivity index (χ2v) is 8.50. The molecule has 0 unspecified atom stereocenters. The zero-order chi connectivity index (χ0) is 15.9. The molecule has 0 aromatic carbocycles. The Morgan fingerprint density at radius 3 is 2.24 bits per heavy atom. The van der Waals surface area contributed by atoms with Gasteiger partial charge in [0.2, 0.25) is 15.9 Å². The molecule has 0 saturated heterocycles. The van der Waals surface area contributed by atoms with E-state index in [1.165, 1.54) is 36.2 Å². The van der Waals surface area contributed by atoms with Crippen LogP contribution in [0.3, 0.4) is 0 Å². The van der Waals surface area contributed by atoms with Crippen molar-refractivity contribution in [3.8, 4) is 0 Å². The molecule has 0 heterocycles. The standard InChI is InChI=1S/C15H30N2O3S/c1-13(2)12-17(21(3,19)20)11-10-15(18)16-14-8-6-4-5-7-9-14/h13-14H,4-12H2,1-3H3,(H,16,18). The van der Waals surface area contributed by atoms with Crippen LogP contribution in [0, 0.1) is 5.92 Å². The number of carbonyl (C=O) groups excluding carboxylic acids is 1. The zero-order valence-electron chi connectivity index (χ0n) is 13.6. The third-order valence-corrected chi connectivity index (χ3v) is 5.12. The van der Waals surface area contributed by atoms with Crippen LogP contribution in [0.2, 0.25) is 0 Å². The molecule has 0 aliphatic heterocycles. The van der Waals surface area contributed by atoms with Gasteiger partial charge < -0.3 is 5.32 Å². The van der Waals surface area contributed by atoms with E-state index in [0.29, 0.717) is 6.54 Å². The van der Waals surface area contributed by atoms with Gasteiger partial charge >= 0.3 is 0 Å². The van der Waals surface area contributed by atoms with Crippen LogP contribution in [-0.4, -0.2) is 44.0 Å². The predicted molar refractivity (Wildman–Crippen MR) is 85.5 cm³/mol. The second kappa shape index (κ2) is 8.73. The summed E-state index contributed by atoms with van der Waals surface area (Å²) in [6.07, 6.45) is 8.41. The molecule has 21 heavy (non-hydrogen) atoms. The highest BCUT2D eigenvalue weighted by molar-refractivity contribution is 7.88. The molecule has 1 rings (SSSR count). The van der Waals surface area contributed by atoms with Crippen molar-refractivity contribution in [2.75, 3.05) is 19.3 Å². The van der Waals surface area contributed by atoms with Crippen LogP contribution in [0.15, 0.2) is 0 Å². The summed E-state index contributed by atoms with van der Waals surface area (Å²) in [7, 11) is -3.24. The molecule has 1 aliphatic rings. The van der Waals surface area contributed by atoms with Crippen molar-refractivity contribution < 1.29 is 13.2 Å². The molecule has 1 fully saturated rings. The number of amides is 1. The van der Waals surface area contributed by atoms with Crippen molar-refractivity contribution in [2.45, 2.75) is 64.8 Å². The molecule has 0 radical (unpaired) electrons. The average molecular weight is 318 g/mol. The van der Waals surface area contributed by atoms with E-state index in [1.807, 2.05) is 13.8 Å². The Labute approximate surface area is 129 Å². The Hall–Kier alpha value is -0.620. The van der Waals surface area contributed by atoms with Crippen molar-refractivity contribution in [3.63, 3.8) is 0 Å². The van der Waals surface area contributed by atoms with Crippen LogP contribution in [-0.2, 0) is 14.8 Å². The maximum atomic E-state index is 12.0. The maximum Gasteiger partial charge on any atom is 0.221 e. The van der Waals surface area contributed by atoms with Gasteiger partial charge in [-0.15, -0.1) is 0 Å². The molecule has 1 saturated carbocycles. The molecule has 1 aliphatic carbocycles. The number of hydrogen-bond acceptors (Lipinski definition) is 3. The fraction of sp³-hybridized carbons (Fsp3) is 0.933. The Bertz CT molecular complexity index is 413. The molecular weight excluding hydrogens is 288 g/mol. The molecular formula is C15H30N2O3S. The van der Waals surface area contributed by atoms with Gasteiger partial charge in [0.1, 0.15) is 0 Å². The van der Waals surface area contributed by atoms with Crippen molar-refractivity contribution in [1.82, 2.24) is 9.62 Å². The first-order valence-electron chi connectivity index (χ1n) is 8.03. The summed E-state index contributed by atoms with van der Waals surface area (Å²) in [5, 5.41) is 3.06. The smallest absolute Gasteiger partial charge is 0.221 e. The number of rotatable bonds is 7. The van der Waals surface area contributed by atoms with E-state index in [4.69, 9.17) is 0 Å². The largest absolute Gasteiger partial charge is 0.353 e. The first kappa shape index (κ1) is 18.4. The summed E-state index contributed by atoms with van der Waals surface area (Å²) in [6.45, 7) is 4.69. The normalized spacial score (nSPS) is 18.0. The van der Waals surface area contributed by atoms with Crippen molar-refractivity contribution in [1.29, 1.82) is 0 Å². The third-order valence-electron chi connectivity index (χ3n) is 3.85. The Morgan fingerprint density at radius 1 is 1.19 bits per heavy atom. The van der Waals surface area contributed by atoms with Crippen LogP contribution in [0.5, 0.6) is 0 Å². The van der Waals surface area contributed by atoms with E-state index in [1.54, 1.807) is 0 Å². The summed E-state index contributed by atoms with van der Waals surface area (Å²) in [5.74, 6) is 0.226. The minimum atomic E-state index is -3.24. The summed E-state index contributed by atoms with van der Waals surface area (Å²) in [4.78, 5) is 12.0. The molecule has 1 amide bonds. The molecule has 124 valence electrons. The third kappa shape index (κ3) is 7.81. The van der Waals surface area contributed by atoms with Gasteiger partial charge in [-0.1, -0.05) is 39.5 Å². The molecule has 0 atom stereocenters. The second-order valence-electron chi connectivity index (χ2n) is 6.52. The van der Waals surface area contributed by atoms with E-state index in [0.717, 1.165) is 12.8 Å². The lowest BCUT2D eigenvalue weighted by atomic mass is 10.1. The lowest BCUT2D eigenvalue weighted by Crippen LogP contribution is -2.39. The summed E-state index contributed by atoms with van der Waals surface area (Å²) in [6, 6.07) is 0.275. The monoisotopic (exact) mass is 318 g/mol. The lowest BCUT2D eigenvalue weighted by molar-refractivity contribution is -0.122. The molecule has 0 bridgehead atoms. The number of hydrogen-bond donors (Lipinski definition) is 1. The van der Waals surface area contributed by atoms with Gasteiger partial charge in [-0.05, 0) is 18.8 Å². The van der Waals surface area contributed by atoms with Crippen LogP contribution in [0.1, 0.15) is 58.8 Å². The first-order chi connectivity index (χ1) is 9.79. The topological polar surface area (TPSA) is 66.5 Å². The molecule has 0 spiro atoms. The van der Waals surface area contributed by atoms with Gasteiger partial charge in [0.15, 0.2) is 0 Å². The maximum absolute atomic E-state index is 12.0. The lowest BCUT2D eigenvalue weighted by Gasteiger charge is -2.22. The summed E-state index contributed by atoms with van der Waals surface area (Å²) < 4.78 is 24.8. The first-order valence-corrected chi connectivity index (χ1v) is 9.88. The van der Waals surface area contributed by atoms with Gasteiger partial charge in [0.25, 0.3) is 0 Å². The van der Waals surface area contributed by atoms with Crippen LogP contribution < -0.4 is 5.32 Å². The highest BCUT2D eigenvalue weighted by Crippen LogP contribution is 2.17. The fourth-order valence-corrected chi connectivity index (χ4v) is 3.74. The number of nitrogens with one attached hydrogen (secondary N) is 1. The Kier molecular flexibility index (Phi) is 7.66. The van der Waals surface area contributed by atoms with E-state index in [-0.39, 0.29) is 30.8 Å². The van der Waals surface area contributed by atoms with E-state index < -0.39 is 10.0 Å². The van der Waals surface area contributed by atoms with Crippen molar-refractivity contribution in [3.05, 3.63) is 0 Å². The molecule has 0 aromatic heterocycles. The van der Waals surface area contributed by atoms with Gasteiger partial charge in [-0.25, -0.2) is 12.7 Å². The number of carbonyl (C=O) groups is 1. The minimum absolute atomic E-state index is 0.0284. The van der Waals surface area contributed by atoms with E-state index >= 15 is 0 Å². The SMILES string of the molecule is CC(C)CN(CCC(=O)NC1CCCCCC1)S(C)(=O)=O. The quantitative estimate of drug-likeness (QED) is 0.731.